The third kappa shape index (κ3) is 3.29. The van der Waals surface area contributed by atoms with E-state index in [0.717, 1.165) is 0 Å². The first-order chi connectivity index (χ1) is 9.93. The third-order valence-corrected chi connectivity index (χ3v) is 4.16. The van der Waals surface area contributed by atoms with Crippen molar-refractivity contribution in [3.05, 3.63) is 28.3 Å². The van der Waals surface area contributed by atoms with E-state index in [-0.39, 0.29) is 24.1 Å². The summed E-state index contributed by atoms with van der Waals surface area (Å²) in [6, 6.07) is 4.31. The van der Waals surface area contributed by atoms with E-state index in [9.17, 15) is 14.9 Å². The van der Waals surface area contributed by atoms with Crippen molar-refractivity contribution in [1.82, 2.24) is 0 Å². The molecular formula is C14H18N2O4S. The van der Waals surface area contributed by atoms with E-state index in [1.54, 1.807) is 4.90 Å². The van der Waals surface area contributed by atoms with E-state index < -0.39 is 4.92 Å². The number of nitro benzene ring substituents is 1. The number of hydrogen-bond acceptors (Lipinski definition) is 5. The molecule has 7 heteroatoms. The Morgan fingerprint density at radius 2 is 2.19 bits per heavy atom. The smallest absolute Gasteiger partial charge is 0.271 e. The Morgan fingerprint density at radius 3 is 2.76 bits per heavy atom. The quantitative estimate of drug-likeness (QED) is 0.515. The minimum atomic E-state index is -0.476. The Morgan fingerprint density at radius 1 is 1.48 bits per heavy atom. The molecule has 0 N–H and O–H groups in total. The highest BCUT2D eigenvalue weighted by atomic mass is 32.1. The van der Waals surface area contributed by atoms with Crippen molar-refractivity contribution in [1.29, 1.82) is 0 Å². The lowest BCUT2D eigenvalue weighted by Gasteiger charge is -2.33. The zero-order valence-corrected chi connectivity index (χ0v) is 12.9. The van der Waals surface area contributed by atoms with E-state index >= 15 is 0 Å². The molecule has 1 aromatic rings. The Labute approximate surface area is 128 Å². The summed E-state index contributed by atoms with van der Waals surface area (Å²) in [6.45, 7) is 4.58. The predicted molar refractivity (Wildman–Crippen MR) is 83.1 cm³/mol. The summed E-state index contributed by atoms with van der Waals surface area (Å²) in [4.78, 5) is 24.1. The minimum absolute atomic E-state index is 0.0395. The standard InChI is InChI=1S/C14H18N2O4S/c1-9(2)10(8-21)6-15-12-5-11(16(18)19)3-4-13(12)20-7-14(15)17/h3-5,9-10,21H,6-8H2,1-2H3. The van der Waals surface area contributed by atoms with Crippen LogP contribution in [0.3, 0.4) is 0 Å². The molecule has 1 aliphatic rings. The first-order valence-electron chi connectivity index (χ1n) is 6.76. The maximum atomic E-state index is 12.1. The molecule has 0 radical (unpaired) electrons. The number of nitrogens with zero attached hydrogens (tertiary/aromatic N) is 2. The summed E-state index contributed by atoms with van der Waals surface area (Å²) in [5.41, 5.74) is 0.414. The van der Waals surface area contributed by atoms with Gasteiger partial charge in [-0.1, -0.05) is 13.8 Å². The van der Waals surface area contributed by atoms with Gasteiger partial charge < -0.3 is 9.64 Å². The Hall–Kier alpha value is -1.76. The second-order valence-electron chi connectivity index (χ2n) is 5.39. The average Bonchev–Trinajstić information content (AvgIpc) is 2.45. The van der Waals surface area contributed by atoms with Crippen LogP contribution in [0.15, 0.2) is 18.2 Å². The van der Waals surface area contributed by atoms with Crippen LogP contribution in [-0.4, -0.2) is 29.7 Å². The summed E-state index contributed by atoms with van der Waals surface area (Å²) in [7, 11) is 0. The molecule has 6 nitrogen and oxygen atoms in total. The lowest BCUT2D eigenvalue weighted by molar-refractivity contribution is -0.384. The molecule has 0 saturated carbocycles. The van der Waals surface area contributed by atoms with E-state index in [0.29, 0.717) is 29.7 Å². The first kappa shape index (κ1) is 15.6. The van der Waals surface area contributed by atoms with Crippen molar-refractivity contribution in [3.63, 3.8) is 0 Å². The van der Waals surface area contributed by atoms with E-state index in [2.05, 4.69) is 26.5 Å². The van der Waals surface area contributed by atoms with Gasteiger partial charge in [-0.05, 0) is 23.7 Å². The van der Waals surface area contributed by atoms with Crippen molar-refractivity contribution in [3.8, 4) is 5.75 Å². The van der Waals surface area contributed by atoms with Crippen LogP contribution in [0.2, 0.25) is 0 Å². The monoisotopic (exact) mass is 310 g/mol. The number of hydrogen-bond donors (Lipinski definition) is 1. The van der Waals surface area contributed by atoms with Crippen LogP contribution in [0.1, 0.15) is 13.8 Å². The van der Waals surface area contributed by atoms with Gasteiger partial charge in [-0.3, -0.25) is 14.9 Å². The van der Waals surface area contributed by atoms with Crippen LogP contribution >= 0.6 is 12.6 Å². The van der Waals surface area contributed by atoms with Crippen LogP contribution in [0.5, 0.6) is 5.75 Å². The van der Waals surface area contributed by atoms with Gasteiger partial charge in [0, 0.05) is 18.7 Å². The Balaban J connectivity index is 2.36. The highest BCUT2D eigenvalue weighted by Gasteiger charge is 2.29. The second-order valence-corrected chi connectivity index (χ2v) is 5.75. The van der Waals surface area contributed by atoms with Gasteiger partial charge in [0.1, 0.15) is 5.75 Å². The fourth-order valence-corrected chi connectivity index (χ4v) is 2.76. The molecule has 1 aliphatic heterocycles. The highest BCUT2D eigenvalue weighted by molar-refractivity contribution is 7.80. The predicted octanol–water partition coefficient (Wildman–Crippen LogP) is 2.52. The first-order valence-corrected chi connectivity index (χ1v) is 7.39. The molecule has 0 saturated heterocycles. The zero-order chi connectivity index (χ0) is 15.6. The molecule has 0 spiro atoms. The minimum Gasteiger partial charge on any atom is -0.482 e. The fourth-order valence-electron chi connectivity index (χ4n) is 2.22. The Kier molecular flexibility index (Phi) is 4.72. The van der Waals surface area contributed by atoms with E-state index in [1.807, 2.05) is 0 Å². The number of nitro groups is 1. The van der Waals surface area contributed by atoms with Crippen LogP contribution in [0, 0.1) is 22.0 Å². The maximum Gasteiger partial charge on any atom is 0.271 e. The Bertz CT molecular complexity index is 562. The molecular weight excluding hydrogens is 292 g/mol. The number of ether oxygens (including phenoxy) is 1. The maximum absolute atomic E-state index is 12.1. The molecule has 114 valence electrons. The molecule has 0 fully saturated rings. The molecule has 0 bridgehead atoms. The van der Waals surface area contributed by atoms with Gasteiger partial charge in [0.05, 0.1) is 10.6 Å². The zero-order valence-electron chi connectivity index (χ0n) is 12.0. The lowest BCUT2D eigenvalue weighted by atomic mass is 9.96. The van der Waals surface area contributed by atoms with Crippen molar-refractivity contribution >= 4 is 29.9 Å². The molecule has 1 atom stereocenters. The van der Waals surface area contributed by atoms with Crippen LogP contribution in [-0.2, 0) is 4.79 Å². The normalized spacial score (nSPS) is 15.6. The number of fused-ring (bicyclic) bond motifs is 1. The number of carbonyl (C=O) groups is 1. The number of anilines is 1. The van der Waals surface area contributed by atoms with Gasteiger partial charge in [0.2, 0.25) is 0 Å². The van der Waals surface area contributed by atoms with Gasteiger partial charge in [-0.15, -0.1) is 0 Å². The topological polar surface area (TPSA) is 72.7 Å². The fraction of sp³-hybridized carbons (Fsp3) is 0.500. The van der Waals surface area contributed by atoms with E-state index in [1.165, 1.54) is 18.2 Å². The van der Waals surface area contributed by atoms with Crippen molar-refractivity contribution in [2.45, 2.75) is 13.8 Å². The van der Waals surface area contributed by atoms with Gasteiger partial charge >= 0.3 is 0 Å². The molecule has 1 heterocycles. The molecule has 0 aliphatic carbocycles. The lowest BCUT2D eigenvalue weighted by Crippen LogP contribution is -2.43. The number of amides is 1. The SMILES string of the molecule is CC(C)C(CS)CN1C(=O)COc2ccc([N+](=O)[O-])cc21. The summed E-state index contributed by atoms with van der Waals surface area (Å²) in [5.74, 6) is 1.53. The van der Waals surface area contributed by atoms with Gasteiger partial charge in [0.15, 0.2) is 6.61 Å². The van der Waals surface area contributed by atoms with Crippen molar-refractivity contribution in [2.75, 3.05) is 23.8 Å². The number of benzene rings is 1. The second kappa shape index (κ2) is 6.34. The third-order valence-electron chi connectivity index (χ3n) is 3.69. The summed E-state index contributed by atoms with van der Waals surface area (Å²) in [6.07, 6.45) is 0. The highest BCUT2D eigenvalue weighted by Crippen LogP contribution is 2.36. The van der Waals surface area contributed by atoms with Gasteiger partial charge in [-0.25, -0.2) is 0 Å². The number of thiol groups is 1. The number of non-ortho nitro benzene ring substituents is 1. The summed E-state index contributed by atoms with van der Waals surface area (Å²) < 4.78 is 5.34. The average molecular weight is 310 g/mol. The number of carbonyl (C=O) groups excluding carboxylic acids is 1. The van der Waals surface area contributed by atoms with Crippen molar-refractivity contribution in [2.24, 2.45) is 11.8 Å². The van der Waals surface area contributed by atoms with Crippen LogP contribution < -0.4 is 9.64 Å². The molecule has 1 unspecified atom stereocenters. The van der Waals surface area contributed by atoms with Crippen molar-refractivity contribution < 1.29 is 14.5 Å². The van der Waals surface area contributed by atoms with E-state index in [4.69, 9.17) is 4.74 Å². The largest absolute Gasteiger partial charge is 0.482 e. The summed E-state index contributed by atoms with van der Waals surface area (Å²) >= 11 is 4.33. The van der Waals surface area contributed by atoms with Crippen LogP contribution in [0.25, 0.3) is 0 Å². The molecule has 21 heavy (non-hydrogen) atoms. The molecule has 0 aromatic heterocycles. The summed E-state index contributed by atoms with van der Waals surface area (Å²) in [5, 5.41) is 10.9. The number of rotatable bonds is 5. The molecule has 1 aromatic carbocycles. The van der Waals surface area contributed by atoms with Crippen LogP contribution in [0.4, 0.5) is 11.4 Å². The van der Waals surface area contributed by atoms with Gasteiger partial charge in [-0.2, -0.15) is 12.6 Å². The van der Waals surface area contributed by atoms with Gasteiger partial charge in [0.25, 0.3) is 11.6 Å². The molecule has 2 rings (SSSR count). The molecule has 1 amide bonds.